The van der Waals surface area contributed by atoms with Crippen molar-refractivity contribution in [1.29, 1.82) is 0 Å². The van der Waals surface area contributed by atoms with Crippen LogP contribution in [0, 0.1) is 0 Å². The predicted molar refractivity (Wildman–Crippen MR) is 90.0 cm³/mol. The number of fused-ring (bicyclic) bond motifs is 1. The maximum absolute atomic E-state index is 12.5. The Bertz CT molecular complexity index is 879. The van der Waals surface area contributed by atoms with Gasteiger partial charge < -0.3 is 5.32 Å². The van der Waals surface area contributed by atoms with Gasteiger partial charge in [-0.25, -0.2) is 3.96 Å². The Morgan fingerprint density at radius 3 is 2.77 bits per heavy atom. The van der Waals surface area contributed by atoms with E-state index in [4.69, 9.17) is 0 Å². The average molecular weight is 312 g/mol. The molecule has 0 saturated heterocycles. The van der Waals surface area contributed by atoms with Crippen molar-refractivity contribution < 1.29 is 4.79 Å². The lowest BCUT2D eigenvalue weighted by molar-refractivity contribution is 0.0953. The van der Waals surface area contributed by atoms with E-state index in [2.05, 4.69) is 5.32 Å². The fourth-order valence-electron chi connectivity index (χ4n) is 2.26. The quantitative estimate of drug-likeness (QED) is 0.804. The van der Waals surface area contributed by atoms with Gasteiger partial charge in [-0.05, 0) is 36.8 Å². The number of hydrogen-bond donors (Lipinski definition) is 1. The molecule has 1 heterocycles. The van der Waals surface area contributed by atoms with E-state index in [-0.39, 0.29) is 11.5 Å². The summed E-state index contributed by atoms with van der Waals surface area (Å²) < 4.78 is 2.56. The van der Waals surface area contributed by atoms with Crippen LogP contribution in [-0.4, -0.2) is 16.4 Å². The fraction of sp³-hybridized carbons (Fsp3) is 0.176. The lowest BCUT2D eigenvalue weighted by atomic mass is 10.2. The van der Waals surface area contributed by atoms with Crippen LogP contribution in [0.15, 0.2) is 53.3 Å². The molecule has 22 heavy (non-hydrogen) atoms. The van der Waals surface area contributed by atoms with Crippen molar-refractivity contribution >= 4 is 27.5 Å². The zero-order valence-electron chi connectivity index (χ0n) is 12.2. The third-order valence-corrected chi connectivity index (χ3v) is 4.48. The van der Waals surface area contributed by atoms with Crippen LogP contribution in [0.3, 0.4) is 0 Å². The lowest BCUT2D eigenvalue weighted by Crippen LogP contribution is -2.24. The maximum Gasteiger partial charge on any atom is 0.273 e. The summed E-state index contributed by atoms with van der Waals surface area (Å²) in [6.07, 6.45) is 0.890. The van der Waals surface area contributed by atoms with Crippen LogP contribution >= 0.6 is 11.5 Å². The highest BCUT2D eigenvalue weighted by atomic mass is 32.1. The lowest BCUT2D eigenvalue weighted by Gasteiger charge is -2.06. The number of nitrogens with zero attached hydrogens (tertiary/aromatic N) is 1. The number of benzene rings is 2. The Morgan fingerprint density at radius 2 is 2.00 bits per heavy atom. The molecule has 0 aliphatic rings. The maximum atomic E-state index is 12.5. The van der Waals surface area contributed by atoms with Gasteiger partial charge in [-0.15, -0.1) is 0 Å². The van der Waals surface area contributed by atoms with Crippen molar-refractivity contribution in [3.05, 3.63) is 64.4 Å². The Hall–Kier alpha value is -2.40. The minimum absolute atomic E-state index is 0.0493. The molecule has 0 aliphatic carbocycles. The number of carbonyl (C=O) groups is 1. The molecule has 0 radical (unpaired) electrons. The van der Waals surface area contributed by atoms with Gasteiger partial charge in [-0.1, -0.05) is 36.7 Å². The molecule has 2 aromatic carbocycles. The van der Waals surface area contributed by atoms with Gasteiger partial charge in [-0.2, -0.15) is 0 Å². The summed E-state index contributed by atoms with van der Waals surface area (Å²) in [6, 6.07) is 14.7. The molecular formula is C17H16N2O2S. The normalized spacial score (nSPS) is 10.8. The second kappa shape index (κ2) is 6.15. The molecule has 0 atom stereocenters. The van der Waals surface area contributed by atoms with E-state index in [0.29, 0.717) is 17.5 Å². The van der Waals surface area contributed by atoms with E-state index in [1.807, 2.05) is 37.3 Å². The minimum Gasteiger partial charge on any atom is -0.352 e. The van der Waals surface area contributed by atoms with E-state index in [9.17, 15) is 9.59 Å². The van der Waals surface area contributed by atoms with Gasteiger partial charge in [-0.3, -0.25) is 9.59 Å². The van der Waals surface area contributed by atoms with Gasteiger partial charge in [0.2, 0.25) is 0 Å². The number of carbonyl (C=O) groups excluding carboxylic acids is 1. The Morgan fingerprint density at radius 1 is 1.18 bits per heavy atom. The molecule has 4 nitrogen and oxygen atoms in total. The molecule has 1 amide bonds. The molecule has 1 aromatic heterocycles. The number of rotatable bonds is 4. The summed E-state index contributed by atoms with van der Waals surface area (Å²) in [6.45, 7) is 2.65. The predicted octanol–water partition coefficient (Wildman–Crippen LogP) is 3.19. The first-order chi connectivity index (χ1) is 10.7. The summed E-state index contributed by atoms with van der Waals surface area (Å²) in [7, 11) is 0. The molecular weight excluding hydrogens is 296 g/mol. The number of aromatic nitrogens is 1. The number of hydrogen-bond acceptors (Lipinski definition) is 3. The third-order valence-electron chi connectivity index (χ3n) is 3.37. The average Bonchev–Trinajstić information content (AvgIpc) is 2.90. The molecule has 0 unspecified atom stereocenters. The minimum atomic E-state index is -0.113. The van der Waals surface area contributed by atoms with Crippen LogP contribution in [0.25, 0.3) is 15.8 Å². The SMILES string of the molecule is CCCNC(=O)c1cccc(-n2sc3ccccc3c2=O)c1. The summed E-state index contributed by atoms with van der Waals surface area (Å²) in [5, 5.41) is 3.55. The zero-order valence-corrected chi connectivity index (χ0v) is 13.0. The first kappa shape index (κ1) is 14.5. The Balaban J connectivity index is 2.02. The van der Waals surface area contributed by atoms with E-state index >= 15 is 0 Å². The molecule has 0 spiro atoms. The third kappa shape index (κ3) is 2.67. The van der Waals surface area contributed by atoms with Gasteiger partial charge in [0.25, 0.3) is 11.5 Å². The largest absolute Gasteiger partial charge is 0.352 e. The van der Waals surface area contributed by atoms with Gasteiger partial charge in [0, 0.05) is 12.1 Å². The number of amides is 1. The Labute approximate surface area is 132 Å². The van der Waals surface area contributed by atoms with Crippen molar-refractivity contribution in [2.75, 3.05) is 6.54 Å². The smallest absolute Gasteiger partial charge is 0.273 e. The second-order valence-corrected chi connectivity index (χ2v) is 5.98. The van der Waals surface area contributed by atoms with Crippen LogP contribution < -0.4 is 10.9 Å². The van der Waals surface area contributed by atoms with E-state index < -0.39 is 0 Å². The van der Waals surface area contributed by atoms with E-state index in [0.717, 1.165) is 16.8 Å². The molecule has 1 N–H and O–H groups in total. The summed E-state index contributed by atoms with van der Waals surface area (Å²) in [5.74, 6) is -0.113. The van der Waals surface area contributed by atoms with Crippen LogP contribution in [-0.2, 0) is 0 Å². The molecule has 0 aliphatic heterocycles. The van der Waals surface area contributed by atoms with Crippen LogP contribution in [0.1, 0.15) is 23.7 Å². The van der Waals surface area contributed by atoms with Gasteiger partial charge in [0.05, 0.1) is 15.8 Å². The second-order valence-electron chi connectivity index (χ2n) is 4.99. The summed E-state index contributed by atoms with van der Waals surface area (Å²) in [4.78, 5) is 24.5. The molecule has 0 saturated carbocycles. The first-order valence-corrected chi connectivity index (χ1v) is 7.97. The standard InChI is InChI=1S/C17H16N2O2S/c1-2-10-18-16(20)12-6-5-7-13(11-12)19-17(21)14-8-3-4-9-15(14)22-19/h3-9,11H,2,10H2,1H3,(H,18,20). The molecule has 5 heteroatoms. The van der Waals surface area contributed by atoms with Crippen molar-refractivity contribution in [3.63, 3.8) is 0 Å². The molecule has 3 aromatic rings. The van der Waals surface area contributed by atoms with Gasteiger partial charge in [0.15, 0.2) is 0 Å². The van der Waals surface area contributed by atoms with Gasteiger partial charge >= 0.3 is 0 Å². The molecule has 3 rings (SSSR count). The van der Waals surface area contributed by atoms with Gasteiger partial charge in [0.1, 0.15) is 0 Å². The summed E-state index contributed by atoms with van der Waals surface area (Å²) in [5.41, 5.74) is 1.23. The fourth-order valence-corrected chi connectivity index (χ4v) is 3.25. The van der Waals surface area contributed by atoms with Crippen molar-refractivity contribution in [3.8, 4) is 5.69 Å². The van der Waals surface area contributed by atoms with E-state index in [1.54, 1.807) is 22.2 Å². The number of nitrogens with one attached hydrogen (secondary N) is 1. The highest BCUT2D eigenvalue weighted by molar-refractivity contribution is 7.14. The van der Waals surface area contributed by atoms with Crippen LogP contribution in [0.2, 0.25) is 0 Å². The Kier molecular flexibility index (Phi) is 4.06. The van der Waals surface area contributed by atoms with Crippen LogP contribution in [0.5, 0.6) is 0 Å². The molecule has 0 fully saturated rings. The van der Waals surface area contributed by atoms with Crippen molar-refractivity contribution in [2.45, 2.75) is 13.3 Å². The highest BCUT2D eigenvalue weighted by Gasteiger charge is 2.11. The topological polar surface area (TPSA) is 51.1 Å². The zero-order chi connectivity index (χ0) is 15.5. The monoisotopic (exact) mass is 312 g/mol. The molecule has 112 valence electrons. The summed E-state index contributed by atoms with van der Waals surface area (Å²) >= 11 is 1.39. The van der Waals surface area contributed by atoms with E-state index in [1.165, 1.54) is 11.5 Å². The van der Waals surface area contributed by atoms with Crippen molar-refractivity contribution in [2.24, 2.45) is 0 Å². The highest BCUT2D eigenvalue weighted by Crippen LogP contribution is 2.20. The molecule has 0 bridgehead atoms. The first-order valence-electron chi connectivity index (χ1n) is 7.20. The van der Waals surface area contributed by atoms with Crippen LogP contribution in [0.4, 0.5) is 0 Å². The van der Waals surface area contributed by atoms with Crippen molar-refractivity contribution in [1.82, 2.24) is 9.27 Å².